The van der Waals surface area contributed by atoms with Crippen LogP contribution in [0.5, 0.6) is 0 Å². The van der Waals surface area contributed by atoms with Gasteiger partial charge in [0, 0.05) is 26.5 Å². The maximum absolute atomic E-state index is 5.48. The van der Waals surface area contributed by atoms with E-state index in [-0.39, 0.29) is 0 Å². The Morgan fingerprint density at radius 2 is 2.07 bits per heavy atom. The maximum atomic E-state index is 5.48. The lowest BCUT2D eigenvalue weighted by Crippen LogP contribution is -2.10. The van der Waals surface area contributed by atoms with Crippen LogP contribution in [0.25, 0.3) is 11.5 Å². The number of oxazole rings is 1. The van der Waals surface area contributed by atoms with Gasteiger partial charge in [-0.1, -0.05) is 0 Å². The van der Waals surface area contributed by atoms with Gasteiger partial charge in [-0.05, 0) is 13.0 Å². The molecule has 0 fully saturated rings. The molecule has 0 N–H and O–H groups in total. The molecule has 0 radical (unpaired) electrons. The SMILES string of the molecule is Cc1cnc(-c2cnccc2N(C)C)o1. The summed E-state index contributed by atoms with van der Waals surface area (Å²) >= 11 is 0. The second-order valence-corrected chi connectivity index (χ2v) is 3.56. The molecule has 4 heteroatoms. The van der Waals surface area contributed by atoms with E-state index in [0.29, 0.717) is 5.89 Å². The van der Waals surface area contributed by atoms with Crippen LogP contribution in [0.2, 0.25) is 0 Å². The van der Waals surface area contributed by atoms with E-state index in [1.807, 2.05) is 32.0 Å². The largest absolute Gasteiger partial charge is 0.441 e. The van der Waals surface area contributed by atoms with Crippen LogP contribution in [-0.4, -0.2) is 24.1 Å². The van der Waals surface area contributed by atoms with Crippen molar-refractivity contribution in [3.05, 3.63) is 30.4 Å². The first-order valence-electron chi connectivity index (χ1n) is 4.72. The van der Waals surface area contributed by atoms with Crippen molar-refractivity contribution in [3.8, 4) is 11.5 Å². The zero-order valence-electron chi connectivity index (χ0n) is 9.06. The number of pyridine rings is 1. The maximum Gasteiger partial charge on any atom is 0.229 e. The Hall–Kier alpha value is -1.84. The predicted molar refractivity (Wildman–Crippen MR) is 58.8 cm³/mol. The number of anilines is 1. The van der Waals surface area contributed by atoms with E-state index < -0.39 is 0 Å². The number of aryl methyl sites for hydroxylation is 1. The van der Waals surface area contributed by atoms with E-state index in [0.717, 1.165) is 17.0 Å². The molecule has 0 amide bonds. The molecule has 2 heterocycles. The Morgan fingerprint density at radius 3 is 2.67 bits per heavy atom. The number of hydrogen-bond donors (Lipinski definition) is 0. The van der Waals surface area contributed by atoms with Crippen LogP contribution in [0.1, 0.15) is 5.76 Å². The van der Waals surface area contributed by atoms with Gasteiger partial charge in [-0.15, -0.1) is 0 Å². The summed E-state index contributed by atoms with van der Waals surface area (Å²) in [6.45, 7) is 1.88. The number of hydrogen-bond acceptors (Lipinski definition) is 4. The minimum Gasteiger partial charge on any atom is -0.441 e. The fourth-order valence-electron chi connectivity index (χ4n) is 1.42. The first-order chi connectivity index (χ1) is 7.18. The minimum atomic E-state index is 0.615. The first kappa shape index (κ1) is 9.71. The van der Waals surface area contributed by atoms with Gasteiger partial charge in [0.05, 0.1) is 17.4 Å². The monoisotopic (exact) mass is 203 g/mol. The van der Waals surface area contributed by atoms with Crippen molar-refractivity contribution in [3.63, 3.8) is 0 Å². The van der Waals surface area contributed by atoms with E-state index in [1.165, 1.54) is 0 Å². The highest BCUT2D eigenvalue weighted by molar-refractivity contribution is 5.71. The molecule has 4 nitrogen and oxygen atoms in total. The minimum absolute atomic E-state index is 0.615. The summed E-state index contributed by atoms with van der Waals surface area (Å²) in [5, 5.41) is 0. The second kappa shape index (κ2) is 3.73. The number of nitrogens with zero attached hydrogens (tertiary/aromatic N) is 3. The molecule has 0 unspecified atom stereocenters. The van der Waals surface area contributed by atoms with Crippen LogP contribution in [0.15, 0.2) is 29.1 Å². The van der Waals surface area contributed by atoms with Gasteiger partial charge in [0.15, 0.2) is 0 Å². The molecule has 0 aliphatic rings. The fourth-order valence-corrected chi connectivity index (χ4v) is 1.42. The van der Waals surface area contributed by atoms with E-state index in [9.17, 15) is 0 Å². The summed E-state index contributed by atoms with van der Waals surface area (Å²) in [6, 6.07) is 1.94. The predicted octanol–water partition coefficient (Wildman–Crippen LogP) is 2.11. The third-order valence-corrected chi connectivity index (χ3v) is 2.13. The van der Waals surface area contributed by atoms with Gasteiger partial charge in [0.2, 0.25) is 5.89 Å². The molecule has 0 aliphatic heterocycles. The normalized spacial score (nSPS) is 10.3. The van der Waals surface area contributed by atoms with Crippen LogP contribution in [0.4, 0.5) is 5.69 Å². The molecule has 2 aromatic rings. The van der Waals surface area contributed by atoms with E-state index >= 15 is 0 Å². The molecular formula is C11H13N3O. The molecule has 0 aromatic carbocycles. The topological polar surface area (TPSA) is 42.2 Å². The highest BCUT2D eigenvalue weighted by Crippen LogP contribution is 2.27. The van der Waals surface area contributed by atoms with Crippen LogP contribution >= 0.6 is 0 Å². The summed E-state index contributed by atoms with van der Waals surface area (Å²) in [6.07, 6.45) is 5.23. The summed E-state index contributed by atoms with van der Waals surface area (Å²) < 4.78 is 5.48. The lowest BCUT2D eigenvalue weighted by atomic mass is 10.2. The lowest BCUT2D eigenvalue weighted by molar-refractivity contribution is 0.542. The second-order valence-electron chi connectivity index (χ2n) is 3.56. The third kappa shape index (κ3) is 1.83. The zero-order valence-corrected chi connectivity index (χ0v) is 9.06. The highest BCUT2D eigenvalue weighted by atomic mass is 16.4. The third-order valence-electron chi connectivity index (χ3n) is 2.13. The Labute approximate surface area is 88.6 Å². The highest BCUT2D eigenvalue weighted by Gasteiger charge is 2.11. The van der Waals surface area contributed by atoms with Gasteiger partial charge >= 0.3 is 0 Å². The Balaban J connectivity index is 2.52. The standard InChI is InChI=1S/C11H13N3O/c1-8-6-13-11(15-8)9-7-12-5-4-10(9)14(2)3/h4-7H,1-3H3. The molecule has 78 valence electrons. The van der Waals surface area contributed by atoms with Gasteiger partial charge in [-0.3, -0.25) is 4.98 Å². The Morgan fingerprint density at radius 1 is 1.27 bits per heavy atom. The van der Waals surface area contributed by atoms with Gasteiger partial charge < -0.3 is 9.32 Å². The smallest absolute Gasteiger partial charge is 0.229 e. The Kier molecular flexibility index (Phi) is 2.41. The lowest BCUT2D eigenvalue weighted by Gasteiger charge is -2.14. The average molecular weight is 203 g/mol. The van der Waals surface area contributed by atoms with Crippen LogP contribution in [-0.2, 0) is 0 Å². The molecule has 0 saturated heterocycles. The van der Waals surface area contributed by atoms with Gasteiger partial charge in [-0.25, -0.2) is 4.98 Å². The molecule has 0 aliphatic carbocycles. The molecular weight excluding hydrogens is 190 g/mol. The van der Waals surface area contributed by atoms with Gasteiger partial charge in [0.25, 0.3) is 0 Å². The first-order valence-corrected chi connectivity index (χ1v) is 4.72. The van der Waals surface area contributed by atoms with Crippen molar-refractivity contribution in [1.82, 2.24) is 9.97 Å². The Bertz CT molecular complexity index is 462. The molecule has 2 aromatic heterocycles. The van der Waals surface area contributed by atoms with Crippen molar-refractivity contribution in [2.45, 2.75) is 6.92 Å². The number of rotatable bonds is 2. The molecule has 0 bridgehead atoms. The molecule has 0 atom stereocenters. The van der Waals surface area contributed by atoms with Crippen molar-refractivity contribution < 1.29 is 4.42 Å². The fraction of sp³-hybridized carbons (Fsp3) is 0.273. The van der Waals surface area contributed by atoms with Crippen molar-refractivity contribution >= 4 is 5.69 Å². The summed E-state index contributed by atoms with van der Waals surface area (Å²) in [5.41, 5.74) is 1.96. The summed E-state index contributed by atoms with van der Waals surface area (Å²) in [5.74, 6) is 1.42. The van der Waals surface area contributed by atoms with E-state index in [2.05, 4.69) is 9.97 Å². The van der Waals surface area contributed by atoms with Crippen LogP contribution in [0, 0.1) is 6.92 Å². The quantitative estimate of drug-likeness (QED) is 0.749. The van der Waals surface area contributed by atoms with Gasteiger partial charge in [0.1, 0.15) is 5.76 Å². The zero-order chi connectivity index (χ0) is 10.8. The molecule has 15 heavy (non-hydrogen) atoms. The molecule has 2 rings (SSSR count). The number of aromatic nitrogens is 2. The van der Waals surface area contributed by atoms with E-state index in [1.54, 1.807) is 18.6 Å². The summed E-state index contributed by atoms with van der Waals surface area (Å²) in [4.78, 5) is 10.3. The summed E-state index contributed by atoms with van der Waals surface area (Å²) in [7, 11) is 3.96. The molecule has 0 spiro atoms. The van der Waals surface area contributed by atoms with Crippen LogP contribution in [0.3, 0.4) is 0 Å². The van der Waals surface area contributed by atoms with Gasteiger partial charge in [-0.2, -0.15) is 0 Å². The van der Waals surface area contributed by atoms with E-state index in [4.69, 9.17) is 4.42 Å². The van der Waals surface area contributed by atoms with Crippen molar-refractivity contribution in [2.75, 3.05) is 19.0 Å². The van der Waals surface area contributed by atoms with Crippen molar-refractivity contribution in [2.24, 2.45) is 0 Å². The average Bonchev–Trinajstić information content (AvgIpc) is 2.65. The van der Waals surface area contributed by atoms with Crippen LogP contribution < -0.4 is 4.90 Å². The molecule has 0 saturated carbocycles. The van der Waals surface area contributed by atoms with Crippen molar-refractivity contribution in [1.29, 1.82) is 0 Å².